The summed E-state index contributed by atoms with van der Waals surface area (Å²) in [4.78, 5) is 15.3. The average molecular weight is 323 g/mol. The maximum atomic E-state index is 10.9. The van der Waals surface area contributed by atoms with Crippen LogP contribution in [0.15, 0.2) is 35.7 Å². The number of pyridine rings is 1. The molecule has 0 saturated heterocycles. The van der Waals surface area contributed by atoms with Gasteiger partial charge in [0.15, 0.2) is 0 Å². The lowest BCUT2D eigenvalue weighted by molar-refractivity contribution is -0.136. The van der Waals surface area contributed by atoms with Gasteiger partial charge in [-0.1, -0.05) is 30.4 Å². The van der Waals surface area contributed by atoms with Gasteiger partial charge in [0, 0.05) is 16.1 Å². The van der Waals surface area contributed by atoms with Crippen LogP contribution in [0, 0.1) is 13.8 Å². The monoisotopic (exact) mass is 323 g/mol. The number of thiophene rings is 1. The number of fused-ring (bicyclic) bond motifs is 1. The molecular formula is C19H17NO2S. The van der Waals surface area contributed by atoms with Crippen LogP contribution in [0.5, 0.6) is 0 Å². The van der Waals surface area contributed by atoms with Gasteiger partial charge in [-0.2, -0.15) is 0 Å². The first kappa shape index (κ1) is 15.4. The van der Waals surface area contributed by atoms with Crippen LogP contribution in [0.2, 0.25) is 0 Å². The van der Waals surface area contributed by atoms with Gasteiger partial charge in [-0.05, 0) is 53.4 Å². The highest BCUT2D eigenvalue weighted by atomic mass is 32.1. The van der Waals surface area contributed by atoms with Crippen LogP contribution in [0.4, 0.5) is 0 Å². The molecule has 0 saturated carbocycles. The number of benzene rings is 1. The number of hydrogen-bond acceptors (Lipinski definition) is 3. The molecule has 0 atom stereocenters. The first-order valence-electron chi connectivity index (χ1n) is 7.37. The molecule has 2 aromatic heterocycles. The maximum absolute atomic E-state index is 10.9. The van der Waals surface area contributed by atoms with Crippen molar-refractivity contribution in [3.05, 3.63) is 63.8 Å². The largest absolute Gasteiger partial charge is 0.481 e. The summed E-state index contributed by atoms with van der Waals surface area (Å²) in [6.45, 7) is 3.99. The summed E-state index contributed by atoms with van der Waals surface area (Å²) >= 11 is 1.59. The quantitative estimate of drug-likeness (QED) is 0.756. The van der Waals surface area contributed by atoms with Crippen molar-refractivity contribution in [1.29, 1.82) is 0 Å². The van der Waals surface area contributed by atoms with Gasteiger partial charge in [0.05, 0.1) is 6.42 Å². The number of carbonyl (C=O) groups is 1. The molecule has 1 aromatic carbocycles. The molecule has 1 N–H and O–H groups in total. The molecule has 0 amide bonds. The molecule has 0 bridgehead atoms. The van der Waals surface area contributed by atoms with Gasteiger partial charge in [-0.25, -0.2) is 0 Å². The highest BCUT2D eigenvalue weighted by Crippen LogP contribution is 2.28. The number of nitrogens with zero attached hydrogens (tertiary/aromatic N) is 1. The Bertz CT molecular complexity index is 909. The minimum atomic E-state index is -0.795. The third-order valence-electron chi connectivity index (χ3n) is 3.74. The molecule has 0 aliphatic heterocycles. The molecule has 0 spiro atoms. The Morgan fingerprint density at radius 1 is 1.22 bits per heavy atom. The lowest BCUT2D eigenvalue weighted by atomic mass is 10.1. The van der Waals surface area contributed by atoms with E-state index in [4.69, 9.17) is 5.11 Å². The lowest BCUT2D eigenvalue weighted by Gasteiger charge is -2.01. The van der Waals surface area contributed by atoms with Crippen molar-refractivity contribution in [3.8, 4) is 0 Å². The van der Waals surface area contributed by atoms with E-state index in [1.807, 2.05) is 37.4 Å². The number of rotatable bonds is 4. The second-order valence-electron chi connectivity index (χ2n) is 5.55. The Balaban J connectivity index is 1.89. The van der Waals surface area contributed by atoms with Crippen molar-refractivity contribution in [2.75, 3.05) is 0 Å². The van der Waals surface area contributed by atoms with E-state index in [9.17, 15) is 4.79 Å². The van der Waals surface area contributed by atoms with Gasteiger partial charge in [-0.15, -0.1) is 11.3 Å². The Kier molecular flexibility index (Phi) is 4.26. The SMILES string of the molecule is Cc1ccc(/C=C/c2ccc3c(CC(=O)O)csc3c2)c(C)n1. The molecule has 116 valence electrons. The fourth-order valence-electron chi connectivity index (χ4n) is 2.56. The lowest BCUT2D eigenvalue weighted by Crippen LogP contribution is -1.98. The first-order valence-corrected chi connectivity index (χ1v) is 8.25. The molecule has 0 fully saturated rings. The van der Waals surface area contributed by atoms with Crippen LogP contribution in [0.1, 0.15) is 28.1 Å². The summed E-state index contributed by atoms with van der Waals surface area (Å²) in [7, 11) is 0. The minimum absolute atomic E-state index is 0.0728. The molecule has 0 aliphatic carbocycles. The van der Waals surface area contributed by atoms with Gasteiger partial charge in [0.1, 0.15) is 0 Å². The topological polar surface area (TPSA) is 50.2 Å². The van der Waals surface area contributed by atoms with Gasteiger partial charge in [0.2, 0.25) is 0 Å². The Hall–Kier alpha value is -2.46. The first-order chi connectivity index (χ1) is 11.0. The summed E-state index contributed by atoms with van der Waals surface area (Å²) < 4.78 is 1.11. The van der Waals surface area contributed by atoms with E-state index < -0.39 is 5.97 Å². The van der Waals surface area contributed by atoms with Crippen LogP contribution in [-0.4, -0.2) is 16.1 Å². The van der Waals surface area contributed by atoms with Crippen LogP contribution in [-0.2, 0) is 11.2 Å². The molecule has 3 nitrogen and oxygen atoms in total. The molecular weight excluding hydrogens is 306 g/mol. The molecule has 23 heavy (non-hydrogen) atoms. The van der Waals surface area contributed by atoms with Gasteiger partial charge in [0.25, 0.3) is 0 Å². The average Bonchev–Trinajstić information content (AvgIpc) is 2.88. The van der Waals surface area contributed by atoms with Crippen molar-refractivity contribution in [2.24, 2.45) is 0 Å². The van der Waals surface area contributed by atoms with E-state index in [1.165, 1.54) is 0 Å². The molecule has 4 heteroatoms. The second kappa shape index (κ2) is 6.34. The van der Waals surface area contributed by atoms with Gasteiger partial charge < -0.3 is 5.11 Å². The fraction of sp³-hybridized carbons (Fsp3) is 0.158. The molecule has 2 heterocycles. The van der Waals surface area contributed by atoms with E-state index in [1.54, 1.807) is 11.3 Å². The van der Waals surface area contributed by atoms with Crippen molar-refractivity contribution in [1.82, 2.24) is 4.98 Å². The number of aromatic nitrogens is 1. The molecule has 0 radical (unpaired) electrons. The Labute approximate surface area is 138 Å². The number of aliphatic carboxylic acids is 1. The van der Waals surface area contributed by atoms with Crippen molar-refractivity contribution in [2.45, 2.75) is 20.3 Å². The number of carboxylic acids is 1. The van der Waals surface area contributed by atoms with E-state index in [2.05, 4.69) is 29.3 Å². The summed E-state index contributed by atoms with van der Waals surface area (Å²) in [5.74, 6) is -0.795. The van der Waals surface area contributed by atoms with E-state index in [-0.39, 0.29) is 6.42 Å². The Morgan fingerprint density at radius 2 is 2.04 bits per heavy atom. The molecule has 0 aliphatic rings. The van der Waals surface area contributed by atoms with Crippen LogP contribution < -0.4 is 0 Å². The third kappa shape index (κ3) is 3.48. The predicted octanol–water partition coefficient (Wildman–Crippen LogP) is 4.71. The number of hydrogen-bond donors (Lipinski definition) is 1. The van der Waals surface area contributed by atoms with E-state index in [0.29, 0.717) is 0 Å². The normalized spacial score (nSPS) is 11.4. The number of carboxylic acid groups (broad SMARTS) is 1. The van der Waals surface area contributed by atoms with Gasteiger partial charge >= 0.3 is 5.97 Å². The van der Waals surface area contributed by atoms with Crippen molar-refractivity contribution >= 4 is 39.5 Å². The van der Waals surface area contributed by atoms with Crippen LogP contribution in [0.25, 0.3) is 22.2 Å². The smallest absolute Gasteiger partial charge is 0.307 e. The fourth-order valence-corrected chi connectivity index (χ4v) is 3.57. The zero-order chi connectivity index (χ0) is 16.4. The van der Waals surface area contributed by atoms with Crippen LogP contribution in [0.3, 0.4) is 0 Å². The highest BCUT2D eigenvalue weighted by Gasteiger charge is 2.07. The standard InChI is InChI=1S/C19H17NO2S/c1-12-3-6-15(13(2)20-12)7-4-14-5-8-17-16(10-19(21)22)11-23-18(17)9-14/h3-9,11H,10H2,1-2H3,(H,21,22)/b7-4+. The zero-order valence-corrected chi connectivity index (χ0v) is 13.9. The predicted molar refractivity (Wildman–Crippen MR) is 95.8 cm³/mol. The summed E-state index contributed by atoms with van der Waals surface area (Å²) in [6.07, 6.45) is 4.20. The second-order valence-corrected chi connectivity index (χ2v) is 6.46. The maximum Gasteiger partial charge on any atom is 0.307 e. The van der Waals surface area contributed by atoms with Crippen LogP contribution >= 0.6 is 11.3 Å². The third-order valence-corrected chi connectivity index (χ3v) is 4.74. The van der Waals surface area contributed by atoms with Crippen molar-refractivity contribution in [3.63, 3.8) is 0 Å². The highest BCUT2D eigenvalue weighted by molar-refractivity contribution is 7.17. The zero-order valence-electron chi connectivity index (χ0n) is 13.0. The van der Waals surface area contributed by atoms with E-state index in [0.717, 1.165) is 38.2 Å². The molecule has 3 aromatic rings. The van der Waals surface area contributed by atoms with Gasteiger partial charge in [-0.3, -0.25) is 9.78 Å². The minimum Gasteiger partial charge on any atom is -0.481 e. The van der Waals surface area contributed by atoms with E-state index >= 15 is 0 Å². The molecule has 3 rings (SSSR count). The summed E-state index contributed by atoms with van der Waals surface area (Å²) in [5.41, 5.74) is 5.12. The number of aryl methyl sites for hydroxylation is 2. The Morgan fingerprint density at radius 3 is 2.78 bits per heavy atom. The van der Waals surface area contributed by atoms with Crippen molar-refractivity contribution < 1.29 is 9.90 Å². The summed E-state index contributed by atoms with van der Waals surface area (Å²) in [6, 6.07) is 10.2. The summed E-state index contributed by atoms with van der Waals surface area (Å²) in [5, 5.41) is 11.9. The molecule has 0 unspecified atom stereocenters.